The number of rotatable bonds is 6. The SMILES string of the molecule is c1ccc(-c2nc(-n3c4ccc(-c5nc(-c6ccccc6)c6c7ccccc7n(-c7ccccc7)c6n5)cc4c4cc(-c5cccc6c5sc5ccccc56)ccc43)c3ccccc3n2)cc1. The first-order valence-corrected chi connectivity index (χ1v) is 23.3. The number of hydrogen-bond acceptors (Lipinski definition) is 5. The van der Waals surface area contributed by atoms with E-state index in [1.165, 1.54) is 25.7 Å². The largest absolute Gasteiger partial charge is 0.294 e. The first-order chi connectivity index (χ1) is 33.2. The molecular weight excluding hydrogens is 837 g/mol. The molecule has 0 saturated heterocycles. The molecule has 0 spiro atoms. The molecule has 0 amide bonds. The van der Waals surface area contributed by atoms with Crippen molar-refractivity contribution in [1.29, 1.82) is 0 Å². The second-order valence-corrected chi connectivity index (χ2v) is 18.0. The summed E-state index contributed by atoms with van der Waals surface area (Å²) in [5.41, 5.74) is 12.1. The molecule has 0 fully saturated rings. The maximum absolute atomic E-state index is 5.53. The number of para-hydroxylation sites is 3. The average Bonchev–Trinajstić information content (AvgIpc) is 4.06. The lowest BCUT2D eigenvalue weighted by Gasteiger charge is -2.13. The predicted octanol–water partition coefficient (Wildman–Crippen LogP) is 15.6. The van der Waals surface area contributed by atoms with Crippen LogP contribution in [0.15, 0.2) is 218 Å². The van der Waals surface area contributed by atoms with E-state index in [9.17, 15) is 0 Å². The first kappa shape index (κ1) is 37.6. The summed E-state index contributed by atoms with van der Waals surface area (Å²) in [6.07, 6.45) is 0. The number of hydrogen-bond donors (Lipinski definition) is 0. The minimum absolute atomic E-state index is 0.652. The fourth-order valence-corrected chi connectivity index (χ4v) is 11.3. The van der Waals surface area contributed by atoms with Crippen molar-refractivity contribution in [2.75, 3.05) is 0 Å². The summed E-state index contributed by atoms with van der Waals surface area (Å²) in [5.74, 6) is 2.16. The molecule has 0 N–H and O–H groups in total. The van der Waals surface area contributed by atoms with Crippen LogP contribution in [0.4, 0.5) is 0 Å². The highest BCUT2D eigenvalue weighted by Crippen LogP contribution is 2.44. The van der Waals surface area contributed by atoms with Crippen LogP contribution in [0.3, 0.4) is 0 Å². The third-order valence-corrected chi connectivity index (χ3v) is 14.4. The Morgan fingerprint density at radius 2 is 0.955 bits per heavy atom. The van der Waals surface area contributed by atoms with Crippen LogP contribution in [0.1, 0.15) is 0 Å². The van der Waals surface area contributed by atoms with E-state index in [2.05, 4.69) is 203 Å². The van der Waals surface area contributed by atoms with Crippen LogP contribution in [0, 0.1) is 0 Å². The summed E-state index contributed by atoms with van der Waals surface area (Å²) in [7, 11) is 0. The zero-order valence-corrected chi connectivity index (χ0v) is 36.7. The van der Waals surface area contributed by atoms with Crippen LogP contribution in [0.2, 0.25) is 0 Å². The molecule has 67 heavy (non-hydrogen) atoms. The van der Waals surface area contributed by atoms with Gasteiger partial charge in [-0.25, -0.2) is 19.9 Å². The molecule has 0 bridgehead atoms. The van der Waals surface area contributed by atoms with Crippen LogP contribution in [0.25, 0.3) is 131 Å². The second kappa shape index (κ2) is 14.9. The molecule has 0 unspecified atom stereocenters. The van der Waals surface area contributed by atoms with Gasteiger partial charge in [-0.3, -0.25) is 9.13 Å². The van der Waals surface area contributed by atoms with Gasteiger partial charge in [-0.15, -0.1) is 11.3 Å². The van der Waals surface area contributed by atoms with E-state index in [4.69, 9.17) is 19.9 Å². The number of thiophene rings is 1. The van der Waals surface area contributed by atoms with E-state index in [1.807, 2.05) is 35.6 Å². The fourth-order valence-electron chi connectivity index (χ4n) is 10.1. The summed E-state index contributed by atoms with van der Waals surface area (Å²) < 4.78 is 7.17. The van der Waals surface area contributed by atoms with Gasteiger partial charge in [0.15, 0.2) is 11.6 Å². The van der Waals surface area contributed by atoms with E-state index in [0.717, 1.165) is 94.1 Å². The molecule has 14 rings (SSSR count). The molecule has 0 aliphatic rings. The smallest absolute Gasteiger partial charge is 0.162 e. The summed E-state index contributed by atoms with van der Waals surface area (Å²) >= 11 is 1.86. The predicted molar refractivity (Wildman–Crippen MR) is 278 cm³/mol. The highest BCUT2D eigenvalue weighted by Gasteiger charge is 2.23. The van der Waals surface area contributed by atoms with E-state index >= 15 is 0 Å². The minimum Gasteiger partial charge on any atom is -0.294 e. The van der Waals surface area contributed by atoms with Gasteiger partial charge >= 0.3 is 0 Å². The van der Waals surface area contributed by atoms with E-state index in [0.29, 0.717) is 11.6 Å². The zero-order valence-electron chi connectivity index (χ0n) is 35.9. The Morgan fingerprint density at radius 1 is 0.358 bits per heavy atom. The van der Waals surface area contributed by atoms with Gasteiger partial charge in [0.2, 0.25) is 0 Å². The topological polar surface area (TPSA) is 61.4 Å². The average molecular weight is 873 g/mol. The van der Waals surface area contributed by atoms with Crippen molar-refractivity contribution >= 4 is 86.2 Å². The lowest BCUT2D eigenvalue weighted by molar-refractivity contribution is 1.07. The normalized spacial score (nSPS) is 11.9. The Kier molecular flexibility index (Phi) is 8.35. The fraction of sp³-hybridized carbons (Fsp3) is 0. The maximum atomic E-state index is 5.53. The van der Waals surface area contributed by atoms with Gasteiger partial charge in [0.25, 0.3) is 0 Å². The molecule has 312 valence electrons. The van der Waals surface area contributed by atoms with Gasteiger partial charge in [0.05, 0.1) is 33.1 Å². The van der Waals surface area contributed by atoms with Crippen LogP contribution in [0.5, 0.6) is 0 Å². The van der Waals surface area contributed by atoms with Crippen molar-refractivity contribution in [3.63, 3.8) is 0 Å². The van der Waals surface area contributed by atoms with E-state index < -0.39 is 0 Å². The van der Waals surface area contributed by atoms with Gasteiger partial charge in [-0.1, -0.05) is 152 Å². The molecule has 5 heterocycles. The molecule has 6 nitrogen and oxygen atoms in total. The minimum atomic E-state index is 0.652. The zero-order chi connectivity index (χ0) is 44.0. The third kappa shape index (κ3) is 5.88. The highest BCUT2D eigenvalue weighted by molar-refractivity contribution is 7.26. The monoisotopic (exact) mass is 872 g/mol. The van der Waals surface area contributed by atoms with Gasteiger partial charge < -0.3 is 0 Å². The van der Waals surface area contributed by atoms with Crippen molar-refractivity contribution in [3.05, 3.63) is 218 Å². The van der Waals surface area contributed by atoms with Crippen molar-refractivity contribution in [2.45, 2.75) is 0 Å². The Hall–Kier alpha value is -8.78. The number of aromatic nitrogens is 6. The molecule has 0 saturated carbocycles. The number of benzene rings is 9. The van der Waals surface area contributed by atoms with E-state index in [-0.39, 0.29) is 0 Å². The highest BCUT2D eigenvalue weighted by atomic mass is 32.1. The molecule has 0 radical (unpaired) electrons. The summed E-state index contributed by atoms with van der Waals surface area (Å²) in [6.45, 7) is 0. The van der Waals surface area contributed by atoms with Crippen molar-refractivity contribution in [3.8, 4) is 56.7 Å². The van der Waals surface area contributed by atoms with Crippen LogP contribution in [-0.4, -0.2) is 29.1 Å². The van der Waals surface area contributed by atoms with Crippen LogP contribution >= 0.6 is 11.3 Å². The number of fused-ring (bicyclic) bond motifs is 10. The standard InChI is InChI=1S/C60H36N6S/c1-4-17-37(18-5-1)55-54-46-25-11-14-29-50(46)65(41-21-8-3-9-22-41)60(54)64-58(62-55)40-32-34-52-48(36-40)47-35-39(42-26-16-27-44-43-23-12-15-30-53(43)67-56(42)44)31-33-51(47)66(52)59-45-24-10-13-28-49(45)61-57(63-59)38-19-6-2-7-20-38/h1-36H. The van der Waals surface area contributed by atoms with Crippen LogP contribution in [-0.2, 0) is 0 Å². The van der Waals surface area contributed by atoms with Gasteiger partial charge in [0.1, 0.15) is 11.5 Å². The molecule has 9 aromatic carbocycles. The quantitative estimate of drug-likeness (QED) is 0.167. The van der Waals surface area contributed by atoms with Crippen molar-refractivity contribution < 1.29 is 0 Å². The molecule has 7 heteroatoms. The Morgan fingerprint density at radius 3 is 1.75 bits per heavy atom. The van der Waals surface area contributed by atoms with Crippen molar-refractivity contribution in [2.24, 2.45) is 0 Å². The van der Waals surface area contributed by atoms with Crippen molar-refractivity contribution in [1.82, 2.24) is 29.1 Å². The Labute approximate surface area is 388 Å². The summed E-state index contributed by atoms with van der Waals surface area (Å²) in [4.78, 5) is 21.5. The van der Waals surface area contributed by atoms with Gasteiger partial charge in [-0.2, -0.15) is 0 Å². The first-order valence-electron chi connectivity index (χ1n) is 22.5. The third-order valence-electron chi connectivity index (χ3n) is 13.1. The Bertz CT molecular complexity index is 4270. The lowest BCUT2D eigenvalue weighted by Crippen LogP contribution is -2.02. The molecule has 14 aromatic rings. The molecule has 5 aromatic heterocycles. The van der Waals surface area contributed by atoms with Gasteiger partial charge in [0, 0.05) is 64.1 Å². The number of nitrogens with zero attached hydrogens (tertiary/aromatic N) is 6. The molecular formula is C60H36N6S. The second-order valence-electron chi connectivity index (χ2n) is 17.0. The molecule has 0 aliphatic heterocycles. The van der Waals surface area contributed by atoms with Crippen LogP contribution < -0.4 is 0 Å². The summed E-state index contributed by atoms with van der Waals surface area (Å²) in [6, 6.07) is 77.1. The Balaban J connectivity index is 1.07. The maximum Gasteiger partial charge on any atom is 0.162 e. The molecule has 0 aliphatic carbocycles. The van der Waals surface area contributed by atoms with E-state index in [1.54, 1.807) is 0 Å². The summed E-state index contributed by atoms with van der Waals surface area (Å²) in [5, 5.41) is 7.86. The lowest BCUT2D eigenvalue weighted by atomic mass is 10.00. The molecule has 0 atom stereocenters. The van der Waals surface area contributed by atoms with Gasteiger partial charge in [-0.05, 0) is 77.9 Å².